The van der Waals surface area contributed by atoms with Crippen LogP contribution in [-0.4, -0.2) is 11.6 Å². The zero-order valence-corrected chi connectivity index (χ0v) is 12.4. The molecular formula is C15H11BrF3NO. The lowest BCUT2D eigenvalue weighted by atomic mass is 10.1. The van der Waals surface area contributed by atoms with Crippen molar-refractivity contribution in [3.05, 3.63) is 47.7 Å². The summed E-state index contributed by atoms with van der Waals surface area (Å²) in [5.74, 6) is 0.679. The number of alkyl halides is 4. The quantitative estimate of drug-likeness (QED) is 0.671. The van der Waals surface area contributed by atoms with Gasteiger partial charge in [-0.1, -0.05) is 28.1 Å². The van der Waals surface area contributed by atoms with Crippen LogP contribution in [0.5, 0.6) is 5.75 Å². The first-order valence-electron chi connectivity index (χ1n) is 6.40. The molecule has 110 valence electrons. The van der Waals surface area contributed by atoms with Gasteiger partial charge in [-0.3, -0.25) is 0 Å². The van der Waals surface area contributed by atoms with E-state index >= 15 is 0 Å². The highest BCUT2D eigenvalue weighted by Gasteiger charge is 2.30. The fraction of sp³-hybridized carbons (Fsp3) is 0.267. The van der Waals surface area contributed by atoms with E-state index in [-0.39, 0.29) is 4.83 Å². The first kappa shape index (κ1) is 14.4. The number of hydrogen-bond acceptors (Lipinski definition) is 2. The summed E-state index contributed by atoms with van der Waals surface area (Å²) < 4.78 is 43.8. The van der Waals surface area contributed by atoms with Crippen LogP contribution in [0, 0.1) is 0 Å². The second kappa shape index (κ2) is 5.33. The predicted octanol–water partition coefficient (Wildman–Crippen LogP) is 4.99. The van der Waals surface area contributed by atoms with Crippen molar-refractivity contribution in [3.63, 3.8) is 0 Å². The van der Waals surface area contributed by atoms with Crippen molar-refractivity contribution in [3.8, 4) is 17.0 Å². The molecule has 2 heterocycles. The molecule has 6 heteroatoms. The van der Waals surface area contributed by atoms with Crippen molar-refractivity contribution in [2.45, 2.75) is 17.4 Å². The van der Waals surface area contributed by atoms with Crippen LogP contribution < -0.4 is 4.74 Å². The lowest BCUT2D eigenvalue weighted by molar-refractivity contribution is -0.137. The molecule has 0 saturated carbocycles. The molecule has 0 N–H and O–H groups in total. The van der Waals surface area contributed by atoms with E-state index in [1.165, 1.54) is 6.07 Å². The third kappa shape index (κ3) is 2.90. The highest BCUT2D eigenvalue weighted by Crippen LogP contribution is 2.38. The maximum atomic E-state index is 12.8. The number of ether oxygens (including phenoxy) is 1. The van der Waals surface area contributed by atoms with Gasteiger partial charge >= 0.3 is 6.18 Å². The van der Waals surface area contributed by atoms with Crippen LogP contribution in [-0.2, 0) is 6.18 Å². The third-order valence-corrected chi connectivity index (χ3v) is 4.19. The minimum Gasteiger partial charge on any atom is -0.492 e. The fourth-order valence-electron chi connectivity index (χ4n) is 2.23. The molecule has 1 unspecified atom stereocenters. The number of halogens is 4. The summed E-state index contributed by atoms with van der Waals surface area (Å²) in [6.07, 6.45) is -3.57. The van der Waals surface area contributed by atoms with Crippen LogP contribution in [0.15, 0.2) is 36.4 Å². The minimum absolute atomic E-state index is 0.0620. The van der Waals surface area contributed by atoms with Gasteiger partial charge in [0.1, 0.15) is 5.75 Å². The minimum atomic E-state index is -4.36. The predicted molar refractivity (Wildman–Crippen MR) is 76.5 cm³/mol. The molecular weight excluding hydrogens is 347 g/mol. The number of pyridine rings is 1. The molecule has 0 bridgehead atoms. The molecule has 1 atom stereocenters. The molecule has 0 spiro atoms. The van der Waals surface area contributed by atoms with E-state index in [4.69, 9.17) is 4.74 Å². The van der Waals surface area contributed by atoms with Crippen LogP contribution in [0.25, 0.3) is 11.3 Å². The smallest absolute Gasteiger partial charge is 0.416 e. The number of aromatic nitrogens is 1. The number of nitrogens with zero attached hydrogens (tertiary/aromatic N) is 1. The summed E-state index contributed by atoms with van der Waals surface area (Å²) >= 11 is 3.52. The molecule has 0 fully saturated rings. The Labute approximate surface area is 128 Å². The summed E-state index contributed by atoms with van der Waals surface area (Å²) in [6, 6.07) is 8.61. The van der Waals surface area contributed by atoms with Gasteiger partial charge in [0, 0.05) is 5.56 Å². The van der Waals surface area contributed by atoms with Gasteiger partial charge in [-0.05, 0) is 30.7 Å². The van der Waals surface area contributed by atoms with Gasteiger partial charge in [0.2, 0.25) is 0 Å². The lowest BCUT2D eigenvalue weighted by Crippen LogP contribution is -2.12. The Balaban J connectivity index is 2.03. The molecule has 0 amide bonds. The van der Waals surface area contributed by atoms with Crippen molar-refractivity contribution < 1.29 is 17.9 Å². The second-order valence-corrected chi connectivity index (χ2v) is 5.87. The first-order chi connectivity index (χ1) is 9.95. The number of benzene rings is 1. The van der Waals surface area contributed by atoms with Crippen molar-refractivity contribution in [2.24, 2.45) is 0 Å². The van der Waals surface area contributed by atoms with Gasteiger partial charge in [0.15, 0.2) is 0 Å². The Morgan fingerprint density at radius 3 is 2.76 bits per heavy atom. The molecule has 1 aromatic carbocycles. The van der Waals surface area contributed by atoms with Crippen LogP contribution in [0.3, 0.4) is 0 Å². The highest BCUT2D eigenvalue weighted by molar-refractivity contribution is 9.09. The topological polar surface area (TPSA) is 22.1 Å². The van der Waals surface area contributed by atoms with E-state index in [0.29, 0.717) is 23.6 Å². The van der Waals surface area contributed by atoms with Crippen LogP contribution in [0.2, 0.25) is 0 Å². The van der Waals surface area contributed by atoms with Crippen LogP contribution in [0.1, 0.15) is 22.5 Å². The van der Waals surface area contributed by atoms with Gasteiger partial charge in [-0.15, -0.1) is 0 Å². The van der Waals surface area contributed by atoms with Gasteiger partial charge in [-0.25, -0.2) is 4.98 Å². The van der Waals surface area contributed by atoms with E-state index in [1.54, 1.807) is 18.2 Å². The van der Waals surface area contributed by atoms with E-state index in [9.17, 15) is 13.2 Å². The average molecular weight is 358 g/mol. The molecule has 0 saturated heterocycles. The van der Waals surface area contributed by atoms with Crippen molar-refractivity contribution in [2.75, 3.05) is 6.61 Å². The Morgan fingerprint density at radius 1 is 1.19 bits per heavy atom. The largest absolute Gasteiger partial charge is 0.492 e. The molecule has 2 aromatic rings. The van der Waals surface area contributed by atoms with Gasteiger partial charge in [0.25, 0.3) is 0 Å². The fourth-order valence-corrected chi connectivity index (χ4v) is 2.75. The first-order valence-corrected chi connectivity index (χ1v) is 7.32. The zero-order chi connectivity index (χ0) is 15.0. The van der Waals surface area contributed by atoms with Gasteiger partial charge in [-0.2, -0.15) is 13.2 Å². The van der Waals surface area contributed by atoms with E-state index in [0.717, 1.165) is 24.2 Å². The summed E-state index contributed by atoms with van der Waals surface area (Å²) in [4.78, 5) is 4.51. The van der Waals surface area contributed by atoms with Gasteiger partial charge in [0.05, 0.1) is 28.4 Å². The van der Waals surface area contributed by atoms with Crippen molar-refractivity contribution in [1.82, 2.24) is 4.98 Å². The summed E-state index contributed by atoms with van der Waals surface area (Å²) in [6.45, 7) is 0.605. The summed E-state index contributed by atoms with van der Waals surface area (Å²) in [5, 5.41) is 0. The monoisotopic (exact) mass is 357 g/mol. The normalized spacial score (nSPS) is 18.0. The molecule has 3 rings (SSSR count). The molecule has 1 aromatic heterocycles. The average Bonchev–Trinajstić information content (AvgIpc) is 2.47. The maximum Gasteiger partial charge on any atom is 0.416 e. The summed E-state index contributed by atoms with van der Waals surface area (Å²) in [7, 11) is 0. The second-order valence-electron chi connectivity index (χ2n) is 4.76. The number of rotatable bonds is 1. The Hall–Kier alpha value is -1.56. The van der Waals surface area contributed by atoms with E-state index in [1.807, 2.05) is 0 Å². The highest BCUT2D eigenvalue weighted by atomic mass is 79.9. The van der Waals surface area contributed by atoms with Crippen LogP contribution >= 0.6 is 15.9 Å². The van der Waals surface area contributed by atoms with Crippen molar-refractivity contribution >= 4 is 15.9 Å². The Kier molecular flexibility index (Phi) is 3.65. The molecule has 21 heavy (non-hydrogen) atoms. The molecule has 1 aliphatic rings. The number of hydrogen-bond donors (Lipinski definition) is 0. The number of fused-ring (bicyclic) bond motifs is 1. The SMILES string of the molecule is FC(F)(F)c1cccc(-c2ccc3c(n2)C(Br)CCO3)c1. The van der Waals surface area contributed by atoms with Gasteiger partial charge < -0.3 is 4.74 Å². The molecule has 0 aliphatic carbocycles. The summed E-state index contributed by atoms with van der Waals surface area (Å²) in [5.41, 5.74) is 1.01. The molecule has 1 aliphatic heterocycles. The van der Waals surface area contributed by atoms with Crippen molar-refractivity contribution in [1.29, 1.82) is 0 Å². The maximum absolute atomic E-state index is 12.8. The lowest BCUT2D eigenvalue weighted by Gasteiger charge is -2.21. The standard InChI is InChI=1S/C15H11BrF3NO/c16-11-6-7-21-13-5-4-12(20-14(11)13)9-2-1-3-10(8-9)15(17,18)19/h1-5,8,11H,6-7H2. The van der Waals surface area contributed by atoms with E-state index in [2.05, 4.69) is 20.9 Å². The Bertz CT molecular complexity index is 672. The molecule has 0 radical (unpaired) electrons. The Morgan fingerprint density at radius 2 is 2.00 bits per heavy atom. The van der Waals surface area contributed by atoms with E-state index < -0.39 is 11.7 Å². The third-order valence-electron chi connectivity index (χ3n) is 3.30. The van der Waals surface area contributed by atoms with Crippen LogP contribution in [0.4, 0.5) is 13.2 Å². The zero-order valence-electron chi connectivity index (χ0n) is 10.8. The molecule has 2 nitrogen and oxygen atoms in total.